The molecule has 1 aliphatic rings. The van der Waals surface area contributed by atoms with Crippen molar-refractivity contribution < 1.29 is 14.3 Å². The van der Waals surface area contributed by atoms with E-state index in [0.717, 1.165) is 6.07 Å². The molecule has 0 atom stereocenters. The number of halogens is 2. The molecule has 1 saturated heterocycles. The minimum Gasteiger partial charge on any atom is -0.477 e. The summed E-state index contributed by atoms with van der Waals surface area (Å²) in [5, 5.41) is 13.7. The molecule has 11 heteroatoms. The molecule has 1 N–H and O–H groups in total. The van der Waals surface area contributed by atoms with Crippen molar-refractivity contribution in [3.63, 3.8) is 0 Å². The average molecular weight is 524 g/mol. The van der Waals surface area contributed by atoms with Crippen molar-refractivity contribution in [2.24, 2.45) is 0 Å². The molecule has 0 aliphatic carbocycles. The Kier molecular flexibility index (Phi) is 6.43. The number of anilines is 2. The number of aromatic nitrogens is 3. The summed E-state index contributed by atoms with van der Waals surface area (Å²) in [6.45, 7) is 4.03. The second-order valence-electron chi connectivity index (χ2n) is 8.65. The van der Waals surface area contributed by atoms with E-state index in [9.17, 15) is 19.5 Å². The molecule has 0 radical (unpaired) electrons. The third-order valence-corrected chi connectivity index (χ3v) is 6.94. The highest BCUT2D eigenvalue weighted by Gasteiger charge is 2.25. The van der Waals surface area contributed by atoms with E-state index in [-0.39, 0.29) is 10.4 Å². The number of nitrogens with zero attached hydrogens (tertiary/aromatic N) is 5. The van der Waals surface area contributed by atoms with Crippen LogP contribution in [0.1, 0.15) is 17.3 Å². The third kappa shape index (κ3) is 4.33. The molecule has 2 aromatic heterocycles. The Balaban J connectivity index is 1.42. The van der Waals surface area contributed by atoms with Crippen molar-refractivity contribution in [2.75, 3.05) is 36.0 Å². The molecule has 0 saturated carbocycles. The van der Waals surface area contributed by atoms with Gasteiger partial charge in [-0.1, -0.05) is 29.8 Å². The third-order valence-electron chi connectivity index (χ3n) is 6.58. The quantitative estimate of drug-likeness (QED) is 0.428. The van der Waals surface area contributed by atoms with Crippen molar-refractivity contribution in [3.8, 4) is 5.69 Å². The zero-order valence-electron chi connectivity index (χ0n) is 19.9. The molecule has 0 bridgehead atoms. The van der Waals surface area contributed by atoms with E-state index in [0.29, 0.717) is 55.3 Å². The first-order chi connectivity index (χ1) is 17.8. The molecule has 0 amide bonds. The summed E-state index contributed by atoms with van der Waals surface area (Å²) < 4.78 is 18.0. The van der Waals surface area contributed by atoms with Crippen molar-refractivity contribution in [2.45, 2.75) is 13.5 Å². The highest BCUT2D eigenvalue weighted by molar-refractivity contribution is 6.33. The van der Waals surface area contributed by atoms with E-state index in [1.807, 2.05) is 22.8 Å². The number of carboxylic acid groups (broad SMARTS) is 1. The smallest absolute Gasteiger partial charge is 0.341 e. The van der Waals surface area contributed by atoms with Gasteiger partial charge in [-0.25, -0.2) is 9.18 Å². The van der Waals surface area contributed by atoms with Crippen LogP contribution in [0.2, 0.25) is 5.02 Å². The zero-order chi connectivity index (χ0) is 26.3. The average Bonchev–Trinajstić information content (AvgIpc) is 2.91. The summed E-state index contributed by atoms with van der Waals surface area (Å²) in [5.74, 6) is -1.95. The van der Waals surface area contributed by atoms with Crippen molar-refractivity contribution >= 4 is 39.8 Å². The van der Waals surface area contributed by atoms with Crippen LogP contribution in [-0.4, -0.2) is 51.6 Å². The van der Waals surface area contributed by atoms with E-state index >= 15 is 4.39 Å². The molecule has 190 valence electrons. The number of rotatable bonds is 5. The molecule has 1 fully saturated rings. The van der Waals surface area contributed by atoms with Gasteiger partial charge in [0.25, 0.3) is 5.56 Å². The Hall–Kier alpha value is -4.18. The lowest BCUT2D eigenvalue weighted by molar-refractivity contribution is 0.0695. The van der Waals surface area contributed by atoms with Crippen LogP contribution in [0.25, 0.3) is 16.6 Å². The second kappa shape index (κ2) is 9.70. The Morgan fingerprint density at radius 2 is 1.70 bits per heavy atom. The molecule has 2 aromatic carbocycles. The normalized spacial score (nSPS) is 13.8. The van der Waals surface area contributed by atoms with Gasteiger partial charge in [0.05, 0.1) is 28.8 Å². The van der Waals surface area contributed by atoms with E-state index in [1.165, 1.54) is 10.9 Å². The van der Waals surface area contributed by atoms with Crippen LogP contribution < -0.4 is 20.8 Å². The van der Waals surface area contributed by atoms with Gasteiger partial charge in [-0.15, -0.1) is 0 Å². The van der Waals surface area contributed by atoms with Crippen molar-refractivity contribution in [1.82, 2.24) is 14.3 Å². The summed E-state index contributed by atoms with van der Waals surface area (Å²) in [6, 6.07) is 11.7. The van der Waals surface area contributed by atoms with Gasteiger partial charge in [0, 0.05) is 44.3 Å². The summed E-state index contributed by atoms with van der Waals surface area (Å²) in [5.41, 5.74) is 0.377. The molecule has 0 spiro atoms. The number of hydrogen-bond acceptors (Lipinski definition) is 6. The predicted octanol–water partition coefficient (Wildman–Crippen LogP) is 3.38. The maximum absolute atomic E-state index is 15.2. The van der Waals surface area contributed by atoms with Crippen molar-refractivity contribution in [3.05, 3.63) is 91.8 Å². The standard InChI is InChI=1S/C26H23ClFN5O4/c1-2-30-15-18(26(36)37)24(34)17-12-19(28)21(13-20(17)30)31-8-10-32(11-9-31)22-14-29-33(25(35)23(22)27)16-6-4-3-5-7-16/h3-7,12-15H,2,8-11H2,1H3,(H,36,37). The number of hydrogen-bond donors (Lipinski definition) is 1. The van der Waals surface area contributed by atoms with Crippen LogP contribution in [0.15, 0.2) is 64.4 Å². The van der Waals surface area contributed by atoms with E-state index in [1.54, 1.807) is 41.1 Å². The van der Waals surface area contributed by atoms with Gasteiger partial charge in [-0.2, -0.15) is 9.78 Å². The molecular weight excluding hydrogens is 501 g/mol. The fourth-order valence-electron chi connectivity index (χ4n) is 4.64. The fourth-order valence-corrected chi connectivity index (χ4v) is 4.89. The first-order valence-electron chi connectivity index (χ1n) is 11.7. The van der Waals surface area contributed by atoms with Crippen molar-refractivity contribution in [1.29, 1.82) is 0 Å². The number of para-hydroxylation sites is 1. The molecular formula is C26H23ClFN5O4. The molecule has 9 nitrogen and oxygen atoms in total. The minimum absolute atomic E-state index is 0.0264. The number of benzene rings is 2. The maximum Gasteiger partial charge on any atom is 0.341 e. The Bertz CT molecular complexity index is 1630. The van der Waals surface area contributed by atoms with E-state index in [2.05, 4.69) is 5.10 Å². The topological polar surface area (TPSA) is 101 Å². The fraction of sp³-hybridized carbons (Fsp3) is 0.231. The molecule has 5 rings (SSSR count). The highest BCUT2D eigenvalue weighted by atomic mass is 35.5. The van der Waals surface area contributed by atoms with E-state index in [4.69, 9.17) is 11.6 Å². The lowest BCUT2D eigenvalue weighted by Gasteiger charge is -2.37. The Morgan fingerprint density at radius 3 is 2.32 bits per heavy atom. The van der Waals surface area contributed by atoms with Gasteiger partial charge >= 0.3 is 5.97 Å². The monoisotopic (exact) mass is 523 g/mol. The lowest BCUT2D eigenvalue weighted by Crippen LogP contribution is -2.47. The number of aryl methyl sites for hydroxylation is 1. The van der Waals surface area contributed by atoms with Crippen LogP contribution in [0.4, 0.5) is 15.8 Å². The van der Waals surface area contributed by atoms with Crippen LogP contribution >= 0.6 is 11.6 Å². The number of carbonyl (C=O) groups is 1. The molecule has 1 aliphatic heterocycles. The summed E-state index contributed by atoms with van der Waals surface area (Å²) >= 11 is 6.45. The number of piperazine rings is 1. The first kappa shape index (κ1) is 24.5. The molecule has 37 heavy (non-hydrogen) atoms. The predicted molar refractivity (Wildman–Crippen MR) is 140 cm³/mol. The number of fused-ring (bicyclic) bond motifs is 1. The van der Waals surface area contributed by atoms with Crippen LogP contribution in [0, 0.1) is 5.82 Å². The highest BCUT2D eigenvalue weighted by Crippen LogP contribution is 2.28. The zero-order valence-corrected chi connectivity index (χ0v) is 20.7. The number of carboxylic acids is 1. The van der Waals surface area contributed by atoms with Crippen LogP contribution in [0.5, 0.6) is 0 Å². The van der Waals surface area contributed by atoms with Gasteiger partial charge in [-0.3, -0.25) is 9.59 Å². The van der Waals surface area contributed by atoms with E-state index < -0.39 is 28.3 Å². The Labute approximate surface area is 215 Å². The molecule has 0 unspecified atom stereocenters. The number of aromatic carboxylic acids is 1. The SMILES string of the molecule is CCn1cc(C(=O)O)c(=O)c2cc(F)c(N3CCN(c4cnn(-c5ccccc5)c(=O)c4Cl)CC3)cc21. The first-order valence-corrected chi connectivity index (χ1v) is 12.1. The van der Waals surface area contributed by atoms with Gasteiger partial charge < -0.3 is 19.5 Å². The maximum atomic E-state index is 15.2. The largest absolute Gasteiger partial charge is 0.477 e. The van der Waals surface area contributed by atoms with Gasteiger partial charge in [0.15, 0.2) is 0 Å². The molecule has 3 heterocycles. The van der Waals surface area contributed by atoms with Crippen LogP contribution in [-0.2, 0) is 6.54 Å². The summed E-state index contributed by atoms with van der Waals surface area (Å²) in [7, 11) is 0. The van der Waals surface area contributed by atoms with Crippen LogP contribution in [0.3, 0.4) is 0 Å². The second-order valence-corrected chi connectivity index (χ2v) is 9.03. The van der Waals surface area contributed by atoms with Gasteiger partial charge in [-0.05, 0) is 31.2 Å². The number of pyridine rings is 1. The summed E-state index contributed by atoms with van der Waals surface area (Å²) in [6.07, 6.45) is 2.85. The molecule has 4 aromatic rings. The van der Waals surface area contributed by atoms with Gasteiger partial charge in [0.2, 0.25) is 5.43 Å². The minimum atomic E-state index is -1.35. The lowest BCUT2D eigenvalue weighted by atomic mass is 10.1. The van der Waals surface area contributed by atoms with Gasteiger partial charge in [0.1, 0.15) is 16.4 Å². The summed E-state index contributed by atoms with van der Waals surface area (Å²) in [4.78, 5) is 40.7. The Morgan fingerprint density at radius 1 is 1.05 bits per heavy atom.